The van der Waals surface area contributed by atoms with Gasteiger partial charge in [0.2, 0.25) is 11.8 Å². The van der Waals surface area contributed by atoms with E-state index in [1.54, 1.807) is 23.1 Å². The molecule has 0 spiro atoms. The van der Waals surface area contributed by atoms with Crippen LogP contribution in [0.2, 0.25) is 5.02 Å². The molecule has 30 heavy (non-hydrogen) atoms. The number of ether oxygens (including phenoxy) is 1. The van der Waals surface area contributed by atoms with E-state index in [1.165, 1.54) is 0 Å². The quantitative estimate of drug-likeness (QED) is 0.679. The van der Waals surface area contributed by atoms with Crippen LogP contribution in [0.3, 0.4) is 0 Å². The van der Waals surface area contributed by atoms with Gasteiger partial charge in [0.25, 0.3) is 5.91 Å². The van der Waals surface area contributed by atoms with E-state index < -0.39 is 0 Å². The Morgan fingerprint density at radius 3 is 2.57 bits per heavy atom. The molecule has 164 valence electrons. The summed E-state index contributed by atoms with van der Waals surface area (Å²) in [5.41, 5.74) is 0.541. The first-order valence-corrected chi connectivity index (χ1v) is 11.1. The van der Waals surface area contributed by atoms with Gasteiger partial charge in [-0.05, 0) is 44.9 Å². The van der Waals surface area contributed by atoms with Crippen LogP contribution >= 0.6 is 11.6 Å². The molecular weight excluding hydrogens is 406 g/mol. The third-order valence-corrected chi connectivity index (χ3v) is 6.26. The summed E-state index contributed by atoms with van der Waals surface area (Å²) >= 11 is 6.27. The third kappa shape index (κ3) is 5.25. The van der Waals surface area contributed by atoms with Crippen LogP contribution in [0.25, 0.3) is 0 Å². The fourth-order valence-corrected chi connectivity index (χ4v) is 4.46. The zero-order valence-electron chi connectivity index (χ0n) is 17.7. The molecule has 3 rings (SSSR count). The van der Waals surface area contributed by atoms with Gasteiger partial charge in [-0.25, -0.2) is 0 Å². The maximum atomic E-state index is 12.7. The summed E-state index contributed by atoms with van der Waals surface area (Å²) in [7, 11) is 0. The number of likely N-dealkylation sites (tertiary alicyclic amines) is 1. The summed E-state index contributed by atoms with van der Waals surface area (Å²) in [6.07, 6.45) is 4.63. The van der Waals surface area contributed by atoms with Crippen LogP contribution in [0.1, 0.15) is 46.0 Å². The molecule has 1 aromatic rings. The fraction of sp³-hybridized carbons (Fsp3) is 0.591. The summed E-state index contributed by atoms with van der Waals surface area (Å²) in [5, 5.41) is 3.17. The van der Waals surface area contributed by atoms with Gasteiger partial charge in [0.05, 0.1) is 10.9 Å². The topological polar surface area (TPSA) is 79.0 Å². The Kier molecular flexibility index (Phi) is 7.58. The molecule has 1 atom stereocenters. The molecule has 2 aliphatic rings. The number of carbonyl (C=O) groups excluding carboxylic acids is 3. The van der Waals surface area contributed by atoms with Crippen molar-refractivity contribution in [3.8, 4) is 5.75 Å². The highest BCUT2D eigenvalue weighted by atomic mass is 35.5. The fourth-order valence-electron chi connectivity index (χ4n) is 4.22. The number of rotatable bonds is 8. The van der Waals surface area contributed by atoms with Gasteiger partial charge in [-0.3, -0.25) is 14.4 Å². The van der Waals surface area contributed by atoms with E-state index in [0.717, 1.165) is 25.7 Å². The van der Waals surface area contributed by atoms with Crippen molar-refractivity contribution in [2.75, 3.05) is 31.6 Å². The van der Waals surface area contributed by atoms with E-state index in [9.17, 15) is 14.4 Å². The van der Waals surface area contributed by atoms with Gasteiger partial charge in [0, 0.05) is 37.8 Å². The SMILES string of the molecule is CCN(CC)C(=O)COc1ccc(NC(=O)C2CC(=O)N(C3CCCC3)C2)cc1Cl. The van der Waals surface area contributed by atoms with Crippen molar-refractivity contribution in [1.82, 2.24) is 9.80 Å². The molecule has 3 amide bonds. The first-order chi connectivity index (χ1) is 14.4. The summed E-state index contributed by atoms with van der Waals surface area (Å²) in [4.78, 5) is 40.6. The van der Waals surface area contributed by atoms with E-state index in [0.29, 0.717) is 42.1 Å². The number of likely N-dealkylation sites (N-methyl/N-ethyl adjacent to an activating group) is 1. The minimum atomic E-state index is -0.348. The van der Waals surface area contributed by atoms with Crippen molar-refractivity contribution in [2.24, 2.45) is 5.92 Å². The van der Waals surface area contributed by atoms with Crippen LogP contribution in [-0.2, 0) is 14.4 Å². The Labute approximate surface area is 182 Å². The summed E-state index contributed by atoms with van der Waals surface area (Å²) in [6, 6.07) is 5.22. The zero-order valence-corrected chi connectivity index (χ0v) is 18.4. The Morgan fingerprint density at radius 1 is 1.23 bits per heavy atom. The van der Waals surface area contributed by atoms with E-state index >= 15 is 0 Å². The molecule has 7 nitrogen and oxygen atoms in total. The van der Waals surface area contributed by atoms with E-state index in [1.807, 2.05) is 18.7 Å². The number of nitrogens with one attached hydrogen (secondary N) is 1. The molecule has 1 unspecified atom stereocenters. The second-order valence-corrected chi connectivity index (χ2v) is 8.28. The van der Waals surface area contributed by atoms with Gasteiger partial charge in [0.1, 0.15) is 5.75 Å². The maximum Gasteiger partial charge on any atom is 0.260 e. The molecule has 1 aromatic carbocycles. The summed E-state index contributed by atoms with van der Waals surface area (Å²) in [6.45, 7) is 5.47. The van der Waals surface area contributed by atoms with Crippen molar-refractivity contribution in [2.45, 2.75) is 52.0 Å². The standard InChI is InChI=1S/C22H30ClN3O4/c1-3-25(4-2)21(28)14-30-19-10-9-16(12-18(19)23)24-22(29)15-11-20(27)26(13-15)17-7-5-6-8-17/h9-10,12,15,17H,3-8,11,13-14H2,1-2H3,(H,24,29). The number of carbonyl (C=O) groups is 3. The average Bonchev–Trinajstić information content (AvgIpc) is 3.37. The molecule has 1 aliphatic carbocycles. The van der Waals surface area contributed by atoms with Crippen LogP contribution in [0.4, 0.5) is 5.69 Å². The van der Waals surface area contributed by atoms with Gasteiger partial charge in [-0.2, -0.15) is 0 Å². The zero-order chi connectivity index (χ0) is 21.7. The van der Waals surface area contributed by atoms with Crippen LogP contribution in [0.5, 0.6) is 5.75 Å². The summed E-state index contributed by atoms with van der Waals surface area (Å²) < 4.78 is 5.54. The van der Waals surface area contributed by atoms with E-state index in [4.69, 9.17) is 16.3 Å². The van der Waals surface area contributed by atoms with Crippen LogP contribution < -0.4 is 10.1 Å². The van der Waals surface area contributed by atoms with Crippen molar-refractivity contribution in [1.29, 1.82) is 0 Å². The molecule has 0 radical (unpaired) electrons. The number of benzene rings is 1. The van der Waals surface area contributed by atoms with Crippen molar-refractivity contribution < 1.29 is 19.1 Å². The normalized spacial score (nSPS) is 19.2. The van der Waals surface area contributed by atoms with Crippen molar-refractivity contribution in [3.05, 3.63) is 23.2 Å². The molecule has 0 bridgehead atoms. The van der Waals surface area contributed by atoms with Crippen molar-refractivity contribution in [3.63, 3.8) is 0 Å². The first kappa shape index (κ1) is 22.4. The lowest BCUT2D eigenvalue weighted by molar-refractivity contribution is -0.133. The molecular formula is C22H30ClN3O4. The summed E-state index contributed by atoms with van der Waals surface area (Å²) in [5.74, 6) is -0.170. The van der Waals surface area contributed by atoms with Gasteiger partial charge in [0.15, 0.2) is 6.61 Å². The van der Waals surface area contributed by atoms with Crippen molar-refractivity contribution >= 4 is 35.0 Å². The number of nitrogens with zero attached hydrogens (tertiary/aromatic N) is 2. The molecule has 1 saturated heterocycles. The largest absolute Gasteiger partial charge is 0.482 e. The van der Waals surface area contributed by atoms with Gasteiger partial charge < -0.3 is 19.9 Å². The molecule has 0 aromatic heterocycles. The number of hydrogen-bond acceptors (Lipinski definition) is 4. The lowest BCUT2D eigenvalue weighted by Crippen LogP contribution is -2.35. The first-order valence-electron chi connectivity index (χ1n) is 10.7. The molecule has 1 aliphatic heterocycles. The predicted octanol–water partition coefficient (Wildman–Crippen LogP) is 3.32. The highest BCUT2D eigenvalue weighted by Gasteiger charge is 2.38. The monoisotopic (exact) mass is 435 g/mol. The molecule has 2 fully saturated rings. The smallest absolute Gasteiger partial charge is 0.260 e. The number of amides is 3. The maximum absolute atomic E-state index is 12.7. The lowest BCUT2D eigenvalue weighted by atomic mass is 10.1. The lowest BCUT2D eigenvalue weighted by Gasteiger charge is -2.23. The van der Waals surface area contributed by atoms with Crippen LogP contribution in [0, 0.1) is 5.92 Å². The second-order valence-electron chi connectivity index (χ2n) is 7.87. The highest BCUT2D eigenvalue weighted by molar-refractivity contribution is 6.32. The Balaban J connectivity index is 1.54. The number of anilines is 1. The highest BCUT2D eigenvalue weighted by Crippen LogP contribution is 2.31. The number of hydrogen-bond donors (Lipinski definition) is 1. The Bertz CT molecular complexity index is 791. The van der Waals surface area contributed by atoms with Gasteiger partial charge in [-0.1, -0.05) is 24.4 Å². The minimum Gasteiger partial charge on any atom is -0.482 e. The van der Waals surface area contributed by atoms with Gasteiger partial charge in [-0.15, -0.1) is 0 Å². The Morgan fingerprint density at radius 2 is 1.93 bits per heavy atom. The molecule has 8 heteroatoms. The van der Waals surface area contributed by atoms with Crippen LogP contribution in [-0.4, -0.2) is 59.8 Å². The van der Waals surface area contributed by atoms with Crippen LogP contribution in [0.15, 0.2) is 18.2 Å². The Hall–Kier alpha value is -2.28. The van der Waals surface area contributed by atoms with E-state index in [-0.39, 0.29) is 36.7 Å². The average molecular weight is 436 g/mol. The molecule has 1 heterocycles. The predicted molar refractivity (Wildman–Crippen MR) is 116 cm³/mol. The second kappa shape index (κ2) is 10.2. The molecule has 1 N–H and O–H groups in total. The molecule has 1 saturated carbocycles. The minimum absolute atomic E-state index is 0.0710. The van der Waals surface area contributed by atoms with E-state index in [2.05, 4.69) is 5.32 Å². The third-order valence-electron chi connectivity index (χ3n) is 5.96. The van der Waals surface area contributed by atoms with Gasteiger partial charge >= 0.3 is 0 Å². The number of halogens is 1.